The van der Waals surface area contributed by atoms with Crippen molar-refractivity contribution >= 4 is 0 Å². The number of rotatable bonds is 7. The fourth-order valence-corrected chi connectivity index (χ4v) is 3.05. The normalized spacial score (nSPS) is 16.1. The van der Waals surface area contributed by atoms with Crippen molar-refractivity contribution in [2.24, 2.45) is 0 Å². The van der Waals surface area contributed by atoms with E-state index in [9.17, 15) is 0 Å². The van der Waals surface area contributed by atoms with Crippen LogP contribution in [0.5, 0.6) is 5.75 Å². The second-order valence-electron chi connectivity index (χ2n) is 6.05. The maximum atomic E-state index is 5.88. The second-order valence-corrected chi connectivity index (χ2v) is 6.05. The topological polar surface area (TPSA) is 39.5 Å². The summed E-state index contributed by atoms with van der Waals surface area (Å²) in [6.07, 6.45) is 0. The molecular formula is C17H30N2O2+2. The SMILES string of the molecule is Cc1cc(C)c(OCCOCC[NH+]2CC[NH2+]CC2)c(C)c1. The fourth-order valence-electron chi connectivity index (χ4n) is 3.05. The summed E-state index contributed by atoms with van der Waals surface area (Å²) in [6.45, 7) is 14.6. The summed E-state index contributed by atoms with van der Waals surface area (Å²) in [5.41, 5.74) is 3.71. The number of ether oxygens (including phenoxy) is 2. The molecule has 4 heteroatoms. The van der Waals surface area contributed by atoms with Gasteiger partial charge in [0.25, 0.3) is 0 Å². The van der Waals surface area contributed by atoms with E-state index in [1.165, 1.54) is 42.9 Å². The van der Waals surface area contributed by atoms with Crippen LogP contribution in [0.3, 0.4) is 0 Å². The molecule has 3 N–H and O–H groups in total. The molecule has 0 amide bonds. The summed E-state index contributed by atoms with van der Waals surface area (Å²) in [5, 5.41) is 2.39. The third-order valence-electron chi connectivity index (χ3n) is 4.08. The van der Waals surface area contributed by atoms with Gasteiger partial charge in [0, 0.05) is 0 Å². The molecule has 2 rings (SSSR count). The molecule has 1 aliphatic heterocycles. The van der Waals surface area contributed by atoms with Crippen molar-refractivity contribution in [2.45, 2.75) is 20.8 Å². The van der Waals surface area contributed by atoms with Crippen LogP contribution in [0.15, 0.2) is 12.1 Å². The zero-order chi connectivity index (χ0) is 15.1. The molecular weight excluding hydrogens is 264 g/mol. The van der Waals surface area contributed by atoms with Gasteiger partial charge >= 0.3 is 0 Å². The van der Waals surface area contributed by atoms with Gasteiger partial charge in [-0.15, -0.1) is 0 Å². The van der Waals surface area contributed by atoms with Crippen LogP contribution in [0.4, 0.5) is 0 Å². The third-order valence-corrected chi connectivity index (χ3v) is 4.08. The van der Waals surface area contributed by atoms with Gasteiger partial charge in [0.05, 0.1) is 13.2 Å². The van der Waals surface area contributed by atoms with Crippen LogP contribution in [0.25, 0.3) is 0 Å². The Kier molecular flexibility index (Phi) is 6.49. The van der Waals surface area contributed by atoms with Crippen LogP contribution < -0.4 is 15.0 Å². The molecule has 0 bridgehead atoms. The van der Waals surface area contributed by atoms with Crippen LogP contribution >= 0.6 is 0 Å². The van der Waals surface area contributed by atoms with Crippen molar-refractivity contribution in [2.75, 3.05) is 52.5 Å². The van der Waals surface area contributed by atoms with Crippen molar-refractivity contribution in [3.63, 3.8) is 0 Å². The minimum absolute atomic E-state index is 0.633. The van der Waals surface area contributed by atoms with E-state index >= 15 is 0 Å². The van der Waals surface area contributed by atoms with Gasteiger partial charge < -0.3 is 19.7 Å². The second kappa shape index (κ2) is 8.37. The van der Waals surface area contributed by atoms with Crippen molar-refractivity contribution in [3.8, 4) is 5.75 Å². The number of benzene rings is 1. The number of hydrogen-bond acceptors (Lipinski definition) is 2. The van der Waals surface area contributed by atoms with Gasteiger partial charge in [0.15, 0.2) is 0 Å². The third kappa shape index (κ3) is 5.30. The molecule has 4 nitrogen and oxygen atoms in total. The summed E-state index contributed by atoms with van der Waals surface area (Å²) in [5.74, 6) is 1.02. The maximum Gasteiger partial charge on any atom is 0.127 e. The number of nitrogens with one attached hydrogen (secondary N) is 1. The monoisotopic (exact) mass is 294 g/mol. The lowest BCUT2D eigenvalue weighted by Crippen LogP contribution is -3.20. The minimum atomic E-state index is 0.633. The Morgan fingerprint density at radius 2 is 1.67 bits per heavy atom. The molecule has 0 radical (unpaired) electrons. The lowest BCUT2D eigenvalue weighted by atomic mass is 10.1. The van der Waals surface area contributed by atoms with E-state index in [2.05, 4.69) is 38.2 Å². The largest absolute Gasteiger partial charge is 0.491 e. The zero-order valence-electron chi connectivity index (χ0n) is 13.7. The maximum absolute atomic E-state index is 5.88. The van der Waals surface area contributed by atoms with E-state index in [-0.39, 0.29) is 0 Å². The summed E-state index contributed by atoms with van der Waals surface area (Å²) in [7, 11) is 0. The Balaban J connectivity index is 1.61. The first kappa shape index (κ1) is 16.3. The summed E-state index contributed by atoms with van der Waals surface area (Å²) in [4.78, 5) is 1.67. The first-order chi connectivity index (χ1) is 10.2. The molecule has 0 aromatic heterocycles. The Morgan fingerprint density at radius 1 is 1.00 bits per heavy atom. The Bertz CT molecular complexity index is 419. The first-order valence-corrected chi connectivity index (χ1v) is 8.10. The van der Waals surface area contributed by atoms with E-state index in [1.54, 1.807) is 4.90 Å². The Labute approximate surface area is 128 Å². The molecule has 0 atom stereocenters. The van der Waals surface area contributed by atoms with Gasteiger partial charge in [0.1, 0.15) is 45.1 Å². The van der Waals surface area contributed by atoms with Crippen molar-refractivity contribution in [1.29, 1.82) is 0 Å². The average Bonchev–Trinajstić information content (AvgIpc) is 2.45. The highest BCUT2D eigenvalue weighted by atomic mass is 16.5. The molecule has 0 saturated carbocycles. The van der Waals surface area contributed by atoms with E-state index in [1.807, 2.05) is 0 Å². The molecule has 1 aliphatic rings. The first-order valence-electron chi connectivity index (χ1n) is 8.10. The Morgan fingerprint density at radius 3 is 2.33 bits per heavy atom. The predicted octanol–water partition coefficient (Wildman–Crippen LogP) is -0.531. The highest BCUT2D eigenvalue weighted by Gasteiger charge is 2.14. The molecule has 0 unspecified atom stereocenters. The lowest BCUT2D eigenvalue weighted by Gasteiger charge is -2.22. The van der Waals surface area contributed by atoms with Gasteiger partial charge in [-0.25, -0.2) is 0 Å². The number of aryl methyl sites for hydroxylation is 3. The van der Waals surface area contributed by atoms with Crippen molar-refractivity contribution in [1.82, 2.24) is 0 Å². The molecule has 0 spiro atoms. The molecule has 1 aromatic carbocycles. The molecule has 1 aromatic rings. The highest BCUT2D eigenvalue weighted by Crippen LogP contribution is 2.24. The predicted molar refractivity (Wildman–Crippen MR) is 84.2 cm³/mol. The number of piperazine rings is 1. The van der Waals surface area contributed by atoms with Gasteiger partial charge in [-0.2, -0.15) is 0 Å². The van der Waals surface area contributed by atoms with Crippen LogP contribution in [0.2, 0.25) is 0 Å². The van der Waals surface area contributed by atoms with Crippen LogP contribution in [-0.4, -0.2) is 52.5 Å². The van der Waals surface area contributed by atoms with Crippen molar-refractivity contribution < 1.29 is 19.7 Å². The average molecular weight is 294 g/mol. The zero-order valence-corrected chi connectivity index (χ0v) is 13.7. The van der Waals surface area contributed by atoms with E-state index in [0.29, 0.717) is 13.2 Å². The van der Waals surface area contributed by atoms with Crippen LogP contribution in [-0.2, 0) is 4.74 Å². The molecule has 1 fully saturated rings. The van der Waals surface area contributed by atoms with Crippen LogP contribution in [0.1, 0.15) is 16.7 Å². The molecule has 1 heterocycles. The number of hydrogen-bond donors (Lipinski definition) is 2. The minimum Gasteiger partial charge on any atom is -0.491 e. The Hall–Kier alpha value is -1.10. The summed E-state index contributed by atoms with van der Waals surface area (Å²) in [6, 6.07) is 4.33. The van der Waals surface area contributed by atoms with Gasteiger partial charge in [-0.3, -0.25) is 0 Å². The van der Waals surface area contributed by atoms with E-state index < -0.39 is 0 Å². The molecule has 21 heavy (non-hydrogen) atoms. The van der Waals surface area contributed by atoms with Crippen LogP contribution in [0, 0.1) is 20.8 Å². The fraction of sp³-hybridized carbons (Fsp3) is 0.647. The number of quaternary nitrogens is 2. The number of nitrogens with two attached hydrogens (primary N) is 1. The standard InChI is InChI=1S/C17H28N2O2/c1-14-12-15(2)17(16(3)13-14)21-11-10-20-9-8-19-6-4-18-5-7-19/h12-13,18H,4-11H2,1-3H3/p+2. The smallest absolute Gasteiger partial charge is 0.127 e. The van der Waals surface area contributed by atoms with Crippen molar-refractivity contribution in [3.05, 3.63) is 28.8 Å². The highest BCUT2D eigenvalue weighted by molar-refractivity contribution is 5.42. The van der Waals surface area contributed by atoms with E-state index in [0.717, 1.165) is 18.9 Å². The molecule has 0 aliphatic carbocycles. The summed E-state index contributed by atoms with van der Waals surface area (Å²) < 4.78 is 11.6. The molecule has 1 saturated heterocycles. The van der Waals surface area contributed by atoms with E-state index in [4.69, 9.17) is 9.47 Å². The molecule has 118 valence electrons. The van der Waals surface area contributed by atoms with Gasteiger partial charge in [-0.05, 0) is 31.9 Å². The van der Waals surface area contributed by atoms with Gasteiger partial charge in [0.2, 0.25) is 0 Å². The van der Waals surface area contributed by atoms with Gasteiger partial charge in [-0.1, -0.05) is 17.7 Å². The lowest BCUT2D eigenvalue weighted by molar-refractivity contribution is -0.947. The quantitative estimate of drug-likeness (QED) is 0.664. The summed E-state index contributed by atoms with van der Waals surface area (Å²) >= 11 is 0.